The lowest BCUT2D eigenvalue weighted by Gasteiger charge is -2.27. The minimum Gasteiger partial charge on any atom is -0.469 e. The van der Waals surface area contributed by atoms with Crippen LogP contribution in [0.5, 0.6) is 0 Å². The maximum absolute atomic E-state index is 11.1. The molecule has 0 aromatic rings. The van der Waals surface area contributed by atoms with E-state index in [0.29, 0.717) is 10.5 Å². The lowest BCUT2D eigenvalue weighted by molar-refractivity contribution is -0.140. The van der Waals surface area contributed by atoms with Gasteiger partial charge in [-0.2, -0.15) is 0 Å². The van der Waals surface area contributed by atoms with E-state index in [-0.39, 0.29) is 5.97 Å². The second-order valence-corrected chi connectivity index (χ2v) is 9.83. The molecule has 1 heterocycles. The van der Waals surface area contributed by atoms with Crippen LogP contribution in [0.3, 0.4) is 0 Å². The van der Waals surface area contributed by atoms with E-state index in [1.54, 1.807) is 0 Å². The summed E-state index contributed by atoms with van der Waals surface area (Å²) in [5, 5.41) is 0. The Hall–Kier alpha value is 0.170. The zero-order chi connectivity index (χ0) is 16.8. The third-order valence-corrected chi connectivity index (χ3v) is 8.29. The predicted molar refractivity (Wildman–Crippen MR) is 105 cm³/mol. The third kappa shape index (κ3) is 9.91. The van der Waals surface area contributed by atoms with Crippen molar-refractivity contribution in [1.29, 1.82) is 0 Å². The van der Waals surface area contributed by atoms with Crippen LogP contribution in [-0.4, -0.2) is 28.7 Å². The molecule has 0 aromatic carbocycles. The number of carbonyl (C=O) groups is 1. The fourth-order valence-corrected chi connectivity index (χ4v) is 6.60. The van der Waals surface area contributed by atoms with E-state index >= 15 is 0 Å². The fourth-order valence-electron chi connectivity index (χ4n) is 3.20. The summed E-state index contributed by atoms with van der Waals surface area (Å²) in [6.07, 6.45) is 16.5. The fraction of sp³-hybridized carbons (Fsp3) is 0.947. The van der Waals surface area contributed by atoms with E-state index in [2.05, 4.69) is 35.2 Å². The molecule has 4 heteroatoms. The smallest absolute Gasteiger partial charge is 0.305 e. The Balaban J connectivity index is 2.07. The van der Waals surface area contributed by atoms with Crippen LogP contribution in [0.25, 0.3) is 0 Å². The number of unbranched alkanes of at least 4 members (excludes halogenated alkanes) is 8. The standard InChI is InChI=1S/C19H36O2S2/c1-3-4-5-8-11-14-19(22-16-17-23-19)15-12-9-6-7-10-13-18(20)21-2/h3-17H2,1-2H3. The second kappa shape index (κ2) is 13.5. The first kappa shape index (κ1) is 21.2. The van der Waals surface area contributed by atoms with Crippen molar-refractivity contribution < 1.29 is 9.53 Å². The lowest BCUT2D eigenvalue weighted by Crippen LogP contribution is -2.17. The van der Waals surface area contributed by atoms with Crippen molar-refractivity contribution in [2.24, 2.45) is 0 Å². The molecule has 1 aliphatic rings. The molecule has 1 aliphatic heterocycles. The Labute approximate surface area is 152 Å². The Morgan fingerprint density at radius 3 is 1.96 bits per heavy atom. The van der Waals surface area contributed by atoms with E-state index in [1.807, 2.05) is 0 Å². The van der Waals surface area contributed by atoms with Crippen LogP contribution in [-0.2, 0) is 9.53 Å². The Morgan fingerprint density at radius 1 is 0.870 bits per heavy atom. The first-order chi connectivity index (χ1) is 11.2. The summed E-state index contributed by atoms with van der Waals surface area (Å²) in [5.74, 6) is 2.63. The summed E-state index contributed by atoms with van der Waals surface area (Å²) in [7, 11) is 1.47. The van der Waals surface area contributed by atoms with Crippen LogP contribution >= 0.6 is 23.5 Å². The highest BCUT2D eigenvalue weighted by atomic mass is 32.2. The number of rotatable bonds is 14. The molecule has 23 heavy (non-hydrogen) atoms. The predicted octanol–water partition coefficient (Wildman–Crippen LogP) is 6.43. The molecular weight excluding hydrogens is 324 g/mol. The number of methoxy groups -OCH3 is 1. The van der Waals surface area contributed by atoms with Gasteiger partial charge in [-0.15, -0.1) is 23.5 Å². The second-order valence-electron chi connectivity index (χ2n) is 6.62. The minimum absolute atomic E-state index is 0.0641. The molecule has 1 fully saturated rings. The van der Waals surface area contributed by atoms with Gasteiger partial charge >= 0.3 is 5.97 Å². The maximum Gasteiger partial charge on any atom is 0.305 e. The van der Waals surface area contributed by atoms with Crippen LogP contribution in [0, 0.1) is 0 Å². The van der Waals surface area contributed by atoms with Gasteiger partial charge in [0.25, 0.3) is 0 Å². The van der Waals surface area contributed by atoms with Crippen molar-refractivity contribution >= 4 is 29.5 Å². The summed E-state index contributed by atoms with van der Waals surface area (Å²) < 4.78 is 5.22. The lowest BCUT2D eigenvalue weighted by atomic mass is 10.0. The highest BCUT2D eigenvalue weighted by molar-refractivity contribution is 8.21. The van der Waals surface area contributed by atoms with Crippen molar-refractivity contribution in [3.63, 3.8) is 0 Å². The molecule has 0 amide bonds. The van der Waals surface area contributed by atoms with Gasteiger partial charge in [-0.1, -0.05) is 64.7 Å². The molecule has 0 N–H and O–H groups in total. The van der Waals surface area contributed by atoms with Crippen LogP contribution in [0.4, 0.5) is 0 Å². The summed E-state index contributed by atoms with van der Waals surface area (Å²) in [5.41, 5.74) is 0. The topological polar surface area (TPSA) is 26.3 Å². The molecule has 0 radical (unpaired) electrons. The molecule has 0 atom stereocenters. The number of esters is 1. The van der Waals surface area contributed by atoms with Gasteiger partial charge in [-0.25, -0.2) is 0 Å². The monoisotopic (exact) mass is 360 g/mol. The van der Waals surface area contributed by atoms with Gasteiger partial charge in [0.1, 0.15) is 0 Å². The third-order valence-electron chi connectivity index (χ3n) is 4.64. The first-order valence-corrected chi connectivity index (χ1v) is 11.5. The number of hydrogen-bond donors (Lipinski definition) is 0. The quantitative estimate of drug-likeness (QED) is 0.263. The molecule has 0 spiro atoms. The van der Waals surface area contributed by atoms with Crippen molar-refractivity contribution in [2.45, 2.75) is 94.5 Å². The molecule has 0 saturated carbocycles. The molecule has 0 aliphatic carbocycles. The molecule has 0 aromatic heterocycles. The summed E-state index contributed by atoms with van der Waals surface area (Å²) in [4.78, 5) is 11.1. The van der Waals surface area contributed by atoms with Crippen molar-refractivity contribution in [3.8, 4) is 0 Å². The van der Waals surface area contributed by atoms with Gasteiger partial charge in [0.05, 0.1) is 11.2 Å². The molecule has 0 unspecified atom stereocenters. The minimum atomic E-state index is -0.0641. The van der Waals surface area contributed by atoms with Gasteiger partial charge in [0.15, 0.2) is 0 Å². The zero-order valence-corrected chi connectivity index (χ0v) is 16.9. The average Bonchev–Trinajstić information content (AvgIpc) is 3.02. The number of ether oxygens (including phenoxy) is 1. The average molecular weight is 361 g/mol. The van der Waals surface area contributed by atoms with Crippen molar-refractivity contribution in [2.75, 3.05) is 18.6 Å². The molecule has 2 nitrogen and oxygen atoms in total. The van der Waals surface area contributed by atoms with Gasteiger partial charge in [0.2, 0.25) is 0 Å². The largest absolute Gasteiger partial charge is 0.469 e. The van der Waals surface area contributed by atoms with Gasteiger partial charge in [0, 0.05) is 17.9 Å². The van der Waals surface area contributed by atoms with E-state index in [4.69, 9.17) is 0 Å². The van der Waals surface area contributed by atoms with Gasteiger partial charge < -0.3 is 4.74 Å². The number of thioether (sulfide) groups is 2. The Kier molecular flexibility index (Phi) is 12.4. The van der Waals surface area contributed by atoms with E-state index in [0.717, 1.165) is 6.42 Å². The van der Waals surface area contributed by atoms with Crippen molar-refractivity contribution in [3.05, 3.63) is 0 Å². The SMILES string of the molecule is CCCCCCCC1(CCCCCCCC(=O)OC)SCCS1. The van der Waals surface area contributed by atoms with Gasteiger partial charge in [-0.3, -0.25) is 4.79 Å². The molecule has 0 bridgehead atoms. The van der Waals surface area contributed by atoms with Crippen LogP contribution in [0.2, 0.25) is 0 Å². The highest BCUT2D eigenvalue weighted by Gasteiger charge is 2.34. The van der Waals surface area contributed by atoms with E-state index < -0.39 is 0 Å². The van der Waals surface area contributed by atoms with Crippen LogP contribution in [0.1, 0.15) is 90.4 Å². The number of hydrogen-bond acceptors (Lipinski definition) is 4. The summed E-state index contributed by atoms with van der Waals surface area (Å²) in [6, 6.07) is 0. The van der Waals surface area contributed by atoms with Crippen LogP contribution in [0.15, 0.2) is 0 Å². The molecule has 136 valence electrons. The van der Waals surface area contributed by atoms with Crippen molar-refractivity contribution in [1.82, 2.24) is 0 Å². The summed E-state index contributed by atoms with van der Waals surface area (Å²) >= 11 is 4.46. The molecule has 1 saturated heterocycles. The highest BCUT2D eigenvalue weighted by Crippen LogP contribution is 2.50. The number of carbonyl (C=O) groups excluding carboxylic acids is 1. The Bertz CT molecular complexity index is 302. The molecule has 1 rings (SSSR count). The maximum atomic E-state index is 11.1. The normalized spacial score (nSPS) is 16.6. The Morgan fingerprint density at radius 2 is 1.39 bits per heavy atom. The molecular formula is C19H36O2S2. The zero-order valence-electron chi connectivity index (χ0n) is 15.2. The van der Waals surface area contributed by atoms with Gasteiger partial charge in [-0.05, 0) is 19.3 Å². The van der Waals surface area contributed by atoms with E-state index in [1.165, 1.54) is 89.2 Å². The first-order valence-electron chi connectivity index (χ1n) is 9.57. The summed E-state index contributed by atoms with van der Waals surface area (Å²) in [6.45, 7) is 2.29. The van der Waals surface area contributed by atoms with Crippen LogP contribution < -0.4 is 0 Å². The van der Waals surface area contributed by atoms with E-state index in [9.17, 15) is 4.79 Å².